The van der Waals surface area contributed by atoms with Crippen LogP contribution in [0.15, 0.2) is 51.2 Å². The van der Waals surface area contributed by atoms with Gasteiger partial charge in [0.2, 0.25) is 0 Å². The molecule has 0 spiro atoms. The zero-order valence-electron chi connectivity index (χ0n) is 8.50. The van der Waals surface area contributed by atoms with Gasteiger partial charge in [-0.15, -0.1) is 0 Å². The summed E-state index contributed by atoms with van der Waals surface area (Å²) < 4.78 is 0.555. The Hall–Kier alpha value is -1.40. The molecule has 0 aliphatic heterocycles. The molecule has 2 rings (SSSR count). The summed E-state index contributed by atoms with van der Waals surface area (Å²) in [5, 5.41) is 9.81. The maximum absolute atomic E-state index is 11.2. The van der Waals surface area contributed by atoms with Crippen LogP contribution >= 0.6 is 27.7 Å². The summed E-state index contributed by atoms with van der Waals surface area (Å²) in [7, 11) is 0. The predicted molar refractivity (Wildman–Crippen MR) is 67.3 cm³/mol. The molecule has 2 aromatic rings. The third-order valence-corrected chi connectivity index (χ3v) is 3.58. The van der Waals surface area contributed by atoms with Crippen molar-refractivity contribution in [3.63, 3.8) is 0 Å². The highest BCUT2D eigenvalue weighted by molar-refractivity contribution is 9.10. The van der Waals surface area contributed by atoms with Crippen molar-refractivity contribution in [2.24, 2.45) is 0 Å². The Morgan fingerprint density at radius 1 is 1.35 bits per heavy atom. The Balaban J connectivity index is 2.40. The first kappa shape index (κ1) is 12.1. The van der Waals surface area contributed by atoms with E-state index in [0.29, 0.717) is 14.4 Å². The van der Waals surface area contributed by atoms with E-state index >= 15 is 0 Å². The minimum absolute atomic E-state index is 0.239. The third kappa shape index (κ3) is 2.83. The molecule has 0 fully saturated rings. The normalized spacial score (nSPS) is 10.2. The summed E-state index contributed by atoms with van der Waals surface area (Å²) in [5.74, 6) is -0.969. The lowest BCUT2D eigenvalue weighted by Crippen LogP contribution is -2.00. The van der Waals surface area contributed by atoms with Crippen molar-refractivity contribution in [2.45, 2.75) is 9.92 Å². The molecule has 1 N–H and O–H groups in total. The zero-order chi connectivity index (χ0) is 12.3. The van der Waals surface area contributed by atoms with E-state index in [1.165, 1.54) is 11.8 Å². The van der Waals surface area contributed by atoms with Gasteiger partial charge in [-0.05, 0) is 28.1 Å². The number of rotatable bonds is 3. The summed E-state index contributed by atoms with van der Waals surface area (Å²) in [6.07, 6.45) is 4.74. The van der Waals surface area contributed by atoms with E-state index in [4.69, 9.17) is 5.11 Å². The van der Waals surface area contributed by atoms with Gasteiger partial charge < -0.3 is 5.11 Å². The van der Waals surface area contributed by atoms with Crippen molar-refractivity contribution in [3.8, 4) is 0 Å². The van der Waals surface area contributed by atoms with Gasteiger partial charge in [0.15, 0.2) is 0 Å². The number of carboxylic acids is 1. The summed E-state index contributed by atoms with van der Waals surface area (Å²) in [4.78, 5) is 19.8. The first-order valence-electron chi connectivity index (χ1n) is 4.64. The van der Waals surface area contributed by atoms with Crippen LogP contribution in [0.2, 0.25) is 0 Å². The fourth-order valence-electron chi connectivity index (χ4n) is 1.25. The Morgan fingerprint density at radius 2 is 2.18 bits per heavy atom. The number of aromatic carboxylic acids is 1. The molecule has 1 aromatic carbocycles. The minimum Gasteiger partial charge on any atom is -0.478 e. The summed E-state index contributed by atoms with van der Waals surface area (Å²) in [5.41, 5.74) is 0.239. The highest BCUT2D eigenvalue weighted by Crippen LogP contribution is 2.32. The van der Waals surface area contributed by atoms with Crippen LogP contribution < -0.4 is 0 Å². The van der Waals surface area contributed by atoms with E-state index in [0.717, 1.165) is 0 Å². The van der Waals surface area contributed by atoms with Crippen molar-refractivity contribution in [2.75, 3.05) is 0 Å². The first-order valence-corrected chi connectivity index (χ1v) is 6.25. The van der Waals surface area contributed by atoms with Gasteiger partial charge in [-0.3, -0.25) is 4.98 Å². The molecule has 1 heterocycles. The number of halogens is 1. The molecule has 0 bridgehead atoms. The highest BCUT2D eigenvalue weighted by atomic mass is 79.9. The van der Waals surface area contributed by atoms with Crippen molar-refractivity contribution in [1.29, 1.82) is 0 Å². The summed E-state index contributed by atoms with van der Waals surface area (Å²) in [6.45, 7) is 0. The number of nitrogens with zero attached hydrogens (tertiary/aromatic N) is 2. The number of carbonyl (C=O) groups is 1. The standard InChI is InChI=1S/C11H7BrN2O2S/c12-7-2-1-3-8(10(7)11(15)16)17-9-6-13-4-5-14-9/h1-6H,(H,15,16). The van der Waals surface area contributed by atoms with Gasteiger partial charge in [-0.2, -0.15) is 0 Å². The Morgan fingerprint density at radius 3 is 2.82 bits per heavy atom. The predicted octanol–water partition coefficient (Wildman–Crippen LogP) is 3.09. The van der Waals surface area contributed by atoms with Gasteiger partial charge >= 0.3 is 5.97 Å². The van der Waals surface area contributed by atoms with E-state index in [1.807, 2.05) is 0 Å². The lowest BCUT2D eigenvalue weighted by molar-refractivity contribution is 0.0692. The van der Waals surface area contributed by atoms with E-state index in [9.17, 15) is 4.79 Å². The zero-order valence-corrected chi connectivity index (χ0v) is 10.9. The lowest BCUT2D eigenvalue weighted by atomic mass is 10.2. The molecule has 0 radical (unpaired) electrons. The molecular formula is C11H7BrN2O2S. The van der Waals surface area contributed by atoms with Gasteiger partial charge in [0.25, 0.3) is 0 Å². The van der Waals surface area contributed by atoms with Crippen LogP contribution in [-0.4, -0.2) is 21.0 Å². The topological polar surface area (TPSA) is 63.1 Å². The number of hydrogen-bond acceptors (Lipinski definition) is 4. The molecule has 0 aliphatic rings. The van der Waals surface area contributed by atoms with Crippen LogP contribution in [0.4, 0.5) is 0 Å². The number of carboxylic acid groups (broad SMARTS) is 1. The van der Waals surface area contributed by atoms with Crippen LogP contribution in [0, 0.1) is 0 Å². The van der Waals surface area contributed by atoms with E-state index in [2.05, 4.69) is 25.9 Å². The van der Waals surface area contributed by atoms with Crippen molar-refractivity contribution in [3.05, 3.63) is 46.8 Å². The number of aromatic nitrogens is 2. The average Bonchev–Trinajstić information content (AvgIpc) is 2.30. The molecule has 0 amide bonds. The van der Waals surface area contributed by atoms with Crippen LogP contribution in [0.25, 0.3) is 0 Å². The molecule has 0 aliphatic carbocycles. The maximum Gasteiger partial charge on any atom is 0.338 e. The van der Waals surface area contributed by atoms with Gasteiger partial charge in [0.1, 0.15) is 5.03 Å². The Labute approximate surface area is 110 Å². The van der Waals surface area contributed by atoms with Gasteiger partial charge in [0, 0.05) is 21.8 Å². The lowest BCUT2D eigenvalue weighted by Gasteiger charge is -2.06. The van der Waals surface area contributed by atoms with Crippen molar-refractivity contribution < 1.29 is 9.90 Å². The fraction of sp³-hybridized carbons (Fsp3) is 0. The second kappa shape index (κ2) is 5.29. The highest BCUT2D eigenvalue weighted by Gasteiger charge is 2.15. The number of hydrogen-bond donors (Lipinski definition) is 1. The molecule has 86 valence electrons. The SMILES string of the molecule is O=C(O)c1c(Br)cccc1Sc1cnccn1. The minimum atomic E-state index is -0.969. The molecule has 0 atom stereocenters. The molecule has 1 aromatic heterocycles. The molecule has 4 nitrogen and oxygen atoms in total. The summed E-state index contributed by atoms with van der Waals surface area (Å²) in [6, 6.07) is 5.23. The van der Waals surface area contributed by atoms with Crippen LogP contribution in [0.1, 0.15) is 10.4 Å². The second-order valence-electron chi connectivity index (χ2n) is 3.06. The smallest absolute Gasteiger partial charge is 0.338 e. The summed E-state index contributed by atoms with van der Waals surface area (Å²) >= 11 is 4.50. The molecule has 0 saturated heterocycles. The van der Waals surface area contributed by atoms with Crippen LogP contribution in [0.3, 0.4) is 0 Å². The number of benzene rings is 1. The molecule has 6 heteroatoms. The molecule has 17 heavy (non-hydrogen) atoms. The van der Waals surface area contributed by atoms with Gasteiger partial charge in [-0.1, -0.05) is 17.8 Å². The van der Waals surface area contributed by atoms with Gasteiger partial charge in [-0.25, -0.2) is 9.78 Å². The molecule has 0 saturated carbocycles. The maximum atomic E-state index is 11.2. The monoisotopic (exact) mass is 310 g/mol. The molecular weight excluding hydrogens is 304 g/mol. The van der Waals surface area contributed by atoms with E-state index in [1.54, 1.807) is 36.8 Å². The van der Waals surface area contributed by atoms with Crippen LogP contribution in [-0.2, 0) is 0 Å². The van der Waals surface area contributed by atoms with Crippen molar-refractivity contribution in [1.82, 2.24) is 9.97 Å². The van der Waals surface area contributed by atoms with Gasteiger partial charge in [0.05, 0.1) is 11.8 Å². The third-order valence-electron chi connectivity index (χ3n) is 1.94. The average molecular weight is 311 g/mol. The largest absolute Gasteiger partial charge is 0.478 e. The first-order chi connectivity index (χ1) is 8.18. The van der Waals surface area contributed by atoms with E-state index in [-0.39, 0.29) is 5.56 Å². The van der Waals surface area contributed by atoms with E-state index < -0.39 is 5.97 Å². The molecule has 0 unspecified atom stereocenters. The Bertz CT molecular complexity index is 548. The van der Waals surface area contributed by atoms with Crippen molar-refractivity contribution >= 4 is 33.7 Å². The van der Waals surface area contributed by atoms with Crippen LogP contribution in [0.5, 0.6) is 0 Å². The quantitative estimate of drug-likeness (QED) is 0.944. The second-order valence-corrected chi connectivity index (χ2v) is 4.98. The fourth-order valence-corrected chi connectivity index (χ4v) is 2.81. The Kier molecular flexibility index (Phi) is 3.75.